The van der Waals surface area contributed by atoms with E-state index in [1.807, 2.05) is 0 Å². The SMILES string of the molecule is COC(=O)C1Cc2sc(NC(=O)CBr)c(C(=O)c3cc(F)cc(F)c3)c2C1. The van der Waals surface area contributed by atoms with Crippen LogP contribution < -0.4 is 5.32 Å². The van der Waals surface area contributed by atoms with Crippen LogP contribution in [0.3, 0.4) is 0 Å². The van der Waals surface area contributed by atoms with Gasteiger partial charge in [-0.15, -0.1) is 11.3 Å². The van der Waals surface area contributed by atoms with Gasteiger partial charge in [-0.2, -0.15) is 0 Å². The average molecular weight is 458 g/mol. The lowest BCUT2D eigenvalue weighted by Crippen LogP contribution is -2.18. The number of benzene rings is 1. The van der Waals surface area contributed by atoms with Crippen molar-refractivity contribution >= 4 is 49.9 Å². The molecule has 3 rings (SSSR count). The predicted octanol–water partition coefficient (Wildman–Crippen LogP) is 3.48. The van der Waals surface area contributed by atoms with E-state index < -0.39 is 23.3 Å². The number of hydrogen-bond donors (Lipinski definition) is 1. The normalized spacial score (nSPS) is 15.3. The molecule has 2 aromatic rings. The lowest BCUT2D eigenvalue weighted by molar-refractivity contribution is -0.145. The molecule has 0 aliphatic heterocycles. The van der Waals surface area contributed by atoms with Gasteiger partial charge in [0.25, 0.3) is 0 Å². The van der Waals surface area contributed by atoms with E-state index in [0.29, 0.717) is 23.1 Å². The first kappa shape index (κ1) is 19.6. The Kier molecular flexibility index (Phi) is 5.71. The molecule has 5 nitrogen and oxygen atoms in total. The van der Waals surface area contributed by atoms with Crippen LogP contribution in [0.15, 0.2) is 18.2 Å². The number of carbonyl (C=O) groups excluding carboxylic acids is 3. The number of methoxy groups -OCH3 is 1. The summed E-state index contributed by atoms with van der Waals surface area (Å²) in [4.78, 5) is 37.4. The Labute approximate surface area is 165 Å². The number of thiophene rings is 1. The van der Waals surface area contributed by atoms with Crippen LogP contribution in [0, 0.1) is 17.6 Å². The van der Waals surface area contributed by atoms with Gasteiger partial charge in [0.2, 0.25) is 5.91 Å². The third-order valence-electron chi connectivity index (χ3n) is 4.23. The number of hydrogen-bond acceptors (Lipinski definition) is 5. The number of esters is 1. The number of ketones is 1. The van der Waals surface area contributed by atoms with Crippen LogP contribution in [0.1, 0.15) is 26.4 Å². The molecule has 0 radical (unpaired) electrons. The minimum atomic E-state index is -0.872. The largest absolute Gasteiger partial charge is 0.469 e. The number of halogens is 3. The van der Waals surface area contributed by atoms with Gasteiger partial charge in [-0.05, 0) is 30.5 Å². The molecule has 1 unspecified atom stereocenters. The molecule has 1 atom stereocenters. The Morgan fingerprint density at radius 1 is 1.22 bits per heavy atom. The second-order valence-electron chi connectivity index (χ2n) is 6.01. The number of nitrogens with one attached hydrogen (secondary N) is 1. The van der Waals surface area contributed by atoms with E-state index in [9.17, 15) is 23.2 Å². The van der Waals surface area contributed by atoms with E-state index in [4.69, 9.17) is 4.74 Å². The monoisotopic (exact) mass is 457 g/mol. The highest BCUT2D eigenvalue weighted by Crippen LogP contribution is 2.42. The predicted molar refractivity (Wildman–Crippen MR) is 99.4 cm³/mol. The molecule has 142 valence electrons. The van der Waals surface area contributed by atoms with Gasteiger partial charge in [0, 0.05) is 16.5 Å². The summed E-state index contributed by atoms with van der Waals surface area (Å²) in [5.74, 6) is -3.53. The molecule has 0 saturated heterocycles. The molecule has 1 heterocycles. The highest BCUT2D eigenvalue weighted by molar-refractivity contribution is 9.09. The molecular formula is C18H14BrF2NO4S. The van der Waals surface area contributed by atoms with Crippen LogP contribution in [0.4, 0.5) is 13.8 Å². The fourth-order valence-electron chi connectivity index (χ4n) is 3.09. The van der Waals surface area contributed by atoms with Gasteiger partial charge in [0.15, 0.2) is 5.78 Å². The quantitative estimate of drug-likeness (QED) is 0.423. The lowest BCUT2D eigenvalue weighted by Gasteiger charge is -2.10. The number of carbonyl (C=O) groups is 3. The lowest BCUT2D eigenvalue weighted by atomic mass is 9.98. The van der Waals surface area contributed by atoms with E-state index in [2.05, 4.69) is 21.2 Å². The van der Waals surface area contributed by atoms with Crippen molar-refractivity contribution in [2.24, 2.45) is 5.92 Å². The number of alkyl halides is 1. The molecule has 27 heavy (non-hydrogen) atoms. The molecular weight excluding hydrogens is 444 g/mol. The van der Waals surface area contributed by atoms with Crippen molar-refractivity contribution in [2.45, 2.75) is 12.8 Å². The molecule has 0 fully saturated rings. The van der Waals surface area contributed by atoms with Crippen LogP contribution in [0.25, 0.3) is 0 Å². The first-order chi connectivity index (χ1) is 12.8. The van der Waals surface area contributed by atoms with Crippen molar-refractivity contribution in [1.29, 1.82) is 0 Å². The van der Waals surface area contributed by atoms with Crippen molar-refractivity contribution in [1.82, 2.24) is 0 Å². The van der Waals surface area contributed by atoms with Gasteiger partial charge < -0.3 is 10.1 Å². The maximum atomic E-state index is 13.6. The molecule has 0 saturated carbocycles. The first-order valence-electron chi connectivity index (χ1n) is 7.93. The number of anilines is 1. The fraction of sp³-hybridized carbons (Fsp3) is 0.278. The Morgan fingerprint density at radius 2 is 1.89 bits per heavy atom. The molecule has 0 spiro atoms. The molecule has 9 heteroatoms. The fourth-order valence-corrected chi connectivity index (χ4v) is 4.55. The highest BCUT2D eigenvalue weighted by Gasteiger charge is 2.36. The Morgan fingerprint density at radius 3 is 2.48 bits per heavy atom. The Hall–Kier alpha value is -2.13. The molecule has 1 aromatic carbocycles. The first-order valence-corrected chi connectivity index (χ1v) is 9.86. The van der Waals surface area contributed by atoms with E-state index in [1.54, 1.807) is 0 Å². The number of ether oxygens (including phenoxy) is 1. The van der Waals surface area contributed by atoms with Crippen LogP contribution in [-0.2, 0) is 27.2 Å². The zero-order valence-electron chi connectivity index (χ0n) is 14.1. The summed E-state index contributed by atoms with van der Waals surface area (Å²) in [5, 5.41) is 2.97. The summed E-state index contributed by atoms with van der Waals surface area (Å²) in [6, 6.07) is 2.56. The standard InChI is InChI=1S/C18H14BrF2NO4S/c1-26-18(25)9-4-12-13(5-9)27-17(22-14(23)7-19)15(12)16(24)8-2-10(20)6-11(21)3-8/h2-3,6,9H,4-5,7H2,1H3,(H,22,23). The van der Waals surface area contributed by atoms with Gasteiger partial charge in [0.1, 0.15) is 16.6 Å². The molecule has 1 aliphatic rings. The minimum absolute atomic E-state index is 0.0303. The van der Waals surface area contributed by atoms with Gasteiger partial charge in [-0.25, -0.2) is 8.78 Å². The zero-order valence-corrected chi connectivity index (χ0v) is 16.5. The van der Waals surface area contributed by atoms with Crippen LogP contribution in [0.2, 0.25) is 0 Å². The van der Waals surface area contributed by atoms with Crippen LogP contribution in [-0.4, -0.2) is 30.1 Å². The molecule has 1 amide bonds. The maximum Gasteiger partial charge on any atom is 0.309 e. The van der Waals surface area contributed by atoms with E-state index >= 15 is 0 Å². The van der Waals surface area contributed by atoms with Crippen molar-refractivity contribution < 1.29 is 27.9 Å². The van der Waals surface area contributed by atoms with Crippen molar-refractivity contribution in [3.63, 3.8) is 0 Å². The van der Waals surface area contributed by atoms with E-state index in [1.165, 1.54) is 18.4 Å². The summed E-state index contributed by atoms with van der Waals surface area (Å²) in [6.45, 7) is 0. The number of amides is 1. The summed E-state index contributed by atoms with van der Waals surface area (Å²) in [6.07, 6.45) is 0.649. The van der Waals surface area contributed by atoms with Gasteiger partial charge >= 0.3 is 5.97 Å². The summed E-state index contributed by atoms with van der Waals surface area (Å²) < 4.78 is 31.9. The smallest absolute Gasteiger partial charge is 0.309 e. The second kappa shape index (κ2) is 7.85. The minimum Gasteiger partial charge on any atom is -0.469 e. The van der Waals surface area contributed by atoms with Crippen LogP contribution >= 0.6 is 27.3 Å². The van der Waals surface area contributed by atoms with E-state index in [0.717, 1.165) is 17.0 Å². The van der Waals surface area contributed by atoms with Crippen molar-refractivity contribution in [3.8, 4) is 0 Å². The summed E-state index contributed by atoms with van der Waals surface area (Å²) in [5.41, 5.74) is 0.611. The third kappa shape index (κ3) is 3.93. The summed E-state index contributed by atoms with van der Waals surface area (Å²) in [7, 11) is 1.29. The second-order valence-corrected chi connectivity index (χ2v) is 7.67. The van der Waals surface area contributed by atoms with Crippen molar-refractivity contribution in [3.05, 3.63) is 51.4 Å². The highest BCUT2D eigenvalue weighted by atomic mass is 79.9. The van der Waals surface area contributed by atoms with Crippen molar-refractivity contribution in [2.75, 3.05) is 17.8 Å². The van der Waals surface area contributed by atoms with Gasteiger partial charge in [0.05, 0.1) is 23.9 Å². The Balaban J connectivity index is 2.05. The molecule has 1 aliphatic carbocycles. The average Bonchev–Trinajstić information content (AvgIpc) is 3.16. The van der Waals surface area contributed by atoms with Gasteiger partial charge in [-0.3, -0.25) is 14.4 Å². The molecule has 1 N–H and O–H groups in total. The molecule has 1 aromatic heterocycles. The zero-order chi connectivity index (χ0) is 19.7. The maximum absolute atomic E-state index is 13.6. The number of fused-ring (bicyclic) bond motifs is 1. The van der Waals surface area contributed by atoms with E-state index in [-0.39, 0.29) is 34.8 Å². The summed E-state index contributed by atoms with van der Waals surface area (Å²) >= 11 is 4.23. The van der Waals surface area contributed by atoms with Gasteiger partial charge in [-0.1, -0.05) is 15.9 Å². The number of rotatable bonds is 5. The molecule has 0 bridgehead atoms. The topological polar surface area (TPSA) is 72.5 Å². The third-order valence-corrected chi connectivity index (χ3v) is 5.91. The Bertz CT molecular complexity index is 923. The van der Waals surface area contributed by atoms with Crippen LogP contribution in [0.5, 0.6) is 0 Å².